The first kappa shape index (κ1) is 23.3. The van der Waals surface area contributed by atoms with Gasteiger partial charge < -0.3 is 20.1 Å². The predicted octanol–water partition coefficient (Wildman–Crippen LogP) is 6.23. The number of carbonyl (C=O) groups excluding carboxylic acids is 1. The second-order valence-corrected chi connectivity index (χ2v) is 8.97. The minimum atomic E-state index is -0.351. The summed E-state index contributed by atoms with van der Waals surface area (Å²) < 4.78 is 11.2. The molecule has 0 radical (unpaired) electrons. The van der Waals surface area contributed by atoms with Crippen molar-refractivity contribution in [3.8, 4) is 11.5 Å². The summed E-state index contributed by atoms with van der Waals surface area (Å²) in [6.07, 6.45) is 1.74. The lowest BCUT2D eigenvalue weighted by molar-refractivity contribution is 0.102. The van der Waals surface area contributed by atoms with Gasteiger partial charge in [-0.15, -0.1) is 11.3 Å². The fraction of sp³-hybridized carbons (Fsp3) is 0.185. The largest absolute Gasteiger partial charge is 0.497 e. The van der Waals surface area contributed by atoms with Gasteiger partial charge in [-0.25, -0.2) is 4.98 Å². The van der Waals surface area contributed by atoms with Gasteiger partial charge in [-0.3, -0.25) is 4.79 Å². The molecule has 0 aliphatic rings. The summed E-state index contributed by atoms with van der Waals surface area (Å²) in [6.45, 7) is 4.13. The van der Waals surface area contributed by atoms with Crippen LogP contribution < -0.4 is 20.1 Å². The van der Waals surface area contributed by atoms with Crippen LogP contribution in [0.1, 0.15) is 38.0 Å². The van der Waals surface area contributed by atoms with E-state index in [1.807, 2.05) is 54.6 Å². The molecule has 1 amide bonds. The fourth-order valence-electron chi connectivity index (χ4n) is 3.82. The first-order chi connectivity index (χ1) is 16.5. The van der Waals surface area contributed by atoms with E-state index in [0.29, 0.717) is 22.9 Å². The van der Waals surface area contributed by atoms with Crippen molar-refractivity contribution in [1.29, 1.82) is 0 Å². The van der Waals surface area contributed by atoms with Gasteiger partial charge in [0.1, 0.15) is 22.3 Å². The summed E-state index contributed by atoms with van der Waals surface area (Å²) in [5.41, 5.74) is 3.53. The lowest BCUT2D eigenvalue weighted by atomic mass is 9.95. The van der Waals surface area contributed by atoms with Crippen molar-refractivity contribution in [1.82, 2.24) is 4.98 Å². The molecule has 34 heavy (non-hydrogen) atoms. The van der Waals surface area contributed by atoms with E-state index in [1.54, 1.807) is 43.9 Å². The highest BCUT2D eigenvalue weighted by molar-refractivity contribution is 7.16. The molecule has 6 nitrogen and oxygen atoms in total. The maximum atomic E-state index is 13.0. The van der Waals surface area contributed by atoms with Gasteiger partial charge >= 0.3 is 0 Å². The third kappa shape index (κ3) is 4.89. The maximum Gasteiger partial charge on any atom is 0.256 e. The van der Waals surface area contributed by atoms with Crippen molar-refractivity contribution >= 4 is 28.1 Å². The van der Waals surface area contributed by atoms with Gasteiger partial charge in [0.2, 0.25) is 0 Å². The van der Waals surface area contributed by atoms with Crippen molar-refractivity contribution in [2.75, 3.05) is 24.9 Å². The van der Waals surface area contributed by atoms with E-state index in [1.165, 1.54) is 0 Å². The van der Waals surface area contributed by atoms with Crippen LogP contribution in [0.3, 0.4) is 0 Å². The Morgan fingerprint density at radius 1 is 0.971 bits per heavy atom. The second-order valence-electron chi connectivity index (χ2n) is 7.75. The van der Waals surface area contributed by atoms with Crippen LogP contribution in [0.4, 0.5) is 10.8 Å². The van der Waals surface area contributed by atoms with Crippen molar-refractivity contribution in [3.63, 3.8) is 0 Å². The third-order valence-corrected chi connectivity index (χ3v) is 6.83. The van der Waals surface area contributed by atoms with Crippen LogP contribution >= 0.6 is 11.3 Å². The molecule has 0 aliphatic carbocycles. The number of hydrogen-bond donors (Lipinski definition) is 2. The number of nitrogens with zero attached hydrogens (tertiary/aromatic N) is 1. The molecule has 0 fully saturated rings. The molecule has 0 spiro atoms. The summed E-state index contributed by atoms with van der Waals surface area (Å²) in [6, 6.07) is 20.3. The van der Waals surface area contributed by atoms with Gasteiger partial charge in [-0.05, 0) is 61.9 Å². The lowest BCUT2D eigenvalue weighted by Gasteiger charge is -2.24. The summed E-state index contributed by atoms with van der Waals surface area (Å²) in [4.78, 5) is 18.6. The van der Waals surface area contributed by atoms with E-state index in [2.05, 4.69) is 29.5 Å². The molecule has 4 rings (SSSR count). The summed E-state index contributed by atoms with van der Waals surface area (Å²) in [7, 11) is 3.28. The molecule has 1 unspecified atom stereocenters. The van der Waals surface area contributed by atoms with Gasteiger partial charge in [-0.1, -0.05) is 24.3 Å². The Labute approximate surface area is 203 Å². The van der Waals surface area contributed by atoms with E-state index in [4.69, 9.17) is 9.47 Å². The molecule has 7 heteroatoms. The van der Waals surface area contributed by atoms with Gasteiger partial charge in [0.15, 0.2) is 0 Å². The quantitative estimate of drug-likeness (QED) is 0.317. The molecule has 0 saturated heterocycles. The number of methoxy groups -OCH3 is 2. The van der Waals surface area contributed by atoms with Crippen LogP contribution in [0.2, 0.25) is 0 Å². The number of nitrogens with one attached hydrogen (secondary N) is 2. The van der Waals surface area contributed by atoms with Crippen LogP contribution in [0.25, 0.3) is 0 Å². The Bertz CT molecular complexity index is 1270. The molecule has 0 bridgehead atoms. The number of aromatic nitrogens is 1. The molecule has 2 aromatic heterocycles. The minimum absolute atomic E-state index is 0.155. The molecule has 2 N–H and O–H groups in total. The number of carbonyl (C=O) groups is 1. The maximum absolute atomic E-state index is 13.0. The lowest BCUT2D eigenvalue weighted by Crippen LogP contribution is -2.18. The van der Waals surface area contributed by atoms with E-state index >= 15 is 0 Å². The molecule has 1 atom stereocenters. The van der Waals surface area contributed by atoms with Crippen LogP contribution in [-0.4, -0.2) is 25.1 Å². The number of benzene rings is 2. The zero-order valence-electron chi connectivity index (χ0n) is 19.6. The predicted molar refractivity (Wildman–Crippen MR) is 137 cm³/mol. The average molecular weight is 474 g/mol. The van der Waals surface area contributed by atoms with Gasteiger partial charge in [-0.2, -0.15) is 0 Å². The molecule has 2 aromatic carbocycles. The van der Waals surface area contributed by atoms with E-state index in [0.717, 1.165) is 26.6 Å². The van der Waals surface area contributed by atoms with Crippen LogP contribution in [0.5, 0.6) is 11.5 Å². The van der Waals surface area contributed by atoms with Crippen molar-refractivity contribution in [2.24, 2.45) is 0 Å². The average Bonchev–Trinajstić information content (AvgIpc) is 3.15. The molecule has 0 aliphatic heterocycles. The standard InChI is InChI=1S/C27H27N3O3S/c1-17-18(2)34-27(30-26(31)19-10-6-5-7-11-19)24(17)25(29-23-12-8-9-15-28-23)21-16-20(32-3)13-14-22(21)33-4/h5-16,25H,1-4H3,(H,28,29)(H,30,31). The summed E-state index contributed by atoms with van der Waals surface area (Å²) in [5, 5.41) is 7.47. The number of pyridine rings is 1. The number of amides is 1. The highest BCUT2D eigenvalue weighted by atomic mass is 32.1. The Morgan fingerprint density at radius 3 is 2.41 bits per heavy atom. The molecule has 4 aromatic rings. The number of hydrogen-bond acceptors (Lipinski definition) is 6. The second kappa shape index (κ2) is 10.4. The Hall–Kier alpha value is -3.84. The van der Waals surface area contributed by atoms with E-state index in [9.17, 15) is 4.79 Å². The summed E-state index contributed by atoms with van der Waals surface area (Å²) >= 11 is 1.56. The van der Waals surface area contributed by atoms with Crippen molar-refractivity contribution < 1.29 is 14.3 Å². The van der Waals surface area contributed by atoms with Crippen LogP contribution in [0, 0.1) is 13.8 Å². The first-order valence-electron chi connectivity index (χ1n) is 10.9. The summed E-state index contributed by atoms with van der Waals surface area (Å²) in [5.74, 6) is 1.97. The SMILES string of the molecule is COc1ccc(OC)c(C(Nc2ccccn2)c2c(NC(=O)c3ccccc3)sc(C)c2C)c1. The van der Waals surface area contributed by atoms with Crippen molar-refractivity contribution in [2.45, 2.75) is 19.9 Å². The van der Waals surface area contributed by atoms with Gasteiger partial charge in [0, 0.05) is 27.8 Å². The highest BCUT2D eigenvalue weighted by Crippen LogP contribution is 2.44. The smallest absolute Gasteiger partial charge is 0.256 e. The third-order valence-electron chi connectivity index (χ3n) is 5.69. The minimum Gasteiger partial charge on any atom is -0.497 e. The number of ether oxygens (including phenoxy) is 2. The number of aryl methyl sites for hydroxylation is 1. The molecular formula is C27H27N3O3S. The Balaban J connectivity index is 1.85. The number of anilines is 2. The van der Waals surface area contributed by atoms with E-state index in [-0.39, 0.29) is 11.9 Å². The van der Waals surface area contributed by atoms with Crippen molar-refractivity contribution in [3.05, 3.63) is 100 Å². The van der Waals surface area contributed by atoms with E-state index < -0.39 is 0 Å². The van der Waals surface area contributed by atoms with Gasteiger partial charge in [0.25, 0.3) is 5.91 Å². The Kier molecular flexibility index (Phi) is 7.13. The molecule has 174 valence electrons. The molecular weight excluding hydrogens is 446 g/mol. The monoisotopic (exact) mass is 473 g/mol. The zero-order valence-corrected chi connectivity index (χ0v) is 20.4. The first-order valence-corrected chi connectivity index (χ1v) is 11.7. The molecule has 0 saturated carbocycles. The Morgan fingerprint density at radius 2 is 1.74 bits per heavy atom. The topological polar surface area (TPSA) is 72.5 Å². The number of thiophene rings is 1. The zero-order chi connectivity index (χ0) is 24.1. The molecule has 2 heterocycles. The van der Waals surface area contributed by atoms with Crippen LogP contribution in [-0.2, 0) is 0 Å². The van der Waals surface area contributed by atoms with Crippen LogP contribution in [0.15, 0.2) is 72.9 Å². The normalized spacial score (nSPS) is 11.5. The van der Waals surface area contributed by atoms with Gasteiger partial charge in [0.05, 0.1) is 20.3 Å². The fourth-order valence-corrected chi connectivity index (χ4v) is 4.91. The number of rotatable bonds is 8. The highest BCUT2D eigenvalue weighted by Gasteiger charge is 2.28.